The first-order valence-electron chi connectivity index (χ1n) is 3.95. The van der Waals surface area contributed by atoms with Crippen LogP contribution in [-0.2, 0) is 0 Å². The summed E-state index contributed by atoms with van der Waals surface area (Å²) in [6.07, 6.45) is 6.42. The van der Waals surface area contributed by atoms with Crippen molar-refractivity contribution in [2.45, 2.75) is 25.7 Å². The molecule has 4 fully saturated rings. The lowest BCUT2D eigenvalue weighted by Gasteiger charge is -2.20. The summed E-state index contributed by atoms with van der Waals surface area (Å²) < 4.78 is 0. The van der Waals surface area contributed by atoms with Crippen LogP contribution in [0.3, 0.4) is 0 Å². The lowest BCUT2D eigenvalue weighted by molar-refractivity contribution is 0.316. The van der Waals surface area contributed by atoms with Gasteiger partial charge in [0.25, 0.3) is 0 Å². The van der Waals surface area contributed by atoms with Gasteiger partial charge in [-0.05, 0) is 42.9 Å². The molecular formula is C8H12. The van der Waals surface area contributed by atoms with E-state index in [-0.39, 0.29) is 0 Å². The molecule has 0 spiro atoms. The van der Waals surface area contributed by atoms with Gasteiger partial charge in [0.2, 0.25) is 0 Å². The summed E-state index contributed by atoms with van der Waals surface area (Å²) in [6, 6.07) is 0. The van der Waals surface area contributed by atoms with Gasteiger partial charge in [-0.2, -0.15) is 0 Å². The molecular weight excluding hydrogens is 96.1 g/mol. The van der Waals surface area contributed by atoms with Gasteiger partial charge in [-0.15, -0.1) is 0 Å². The van der Waals surface area contributed by atoms with Crippen LogP contribution in [0.4, 0.5) is 0 Å². The number of rotatable bonds is 0. The quantitative estimate of drug-likeness (QED) is 0.445. The molecule has 0 aromatic rings. The van der Waals surface area contributed by atoms with Crippen molar-refractivity contribution in [2.24, 2.45) is 23.7 Å². The van der Waals surface area contributed by atoms with Gasteiger partial charge in [0.15, 0.2) is 0 Å². The normalized spacial score (nSPS) is 66.0. The summed E-state index contributed by atoms with van der Waals surface area (Å²) in [5.41, 5.74) is 0. The molecule has 4 bridgehead atoms. The van der Waals surface area contributed by atoms with Crippen molar-refractivity contribution in [1.82, 2.24) is 0 Å². The van der Waals surface area contributed by atoms with E-state index in [9.17, 15) is 0 Å². The average molecular weight is 108 g/mol. The van der Waals surface area contributed by atoms with E-state index in [0.717, 1.165) is 0 Å². The lowest BCUT2D eigenvalue weighted by atomic mass is 9.86. The second-order valence-corrected chi connectivity index (χ2v) is 3.91. The Balaban J connectivity index is 1.99. The molecule has 0 aromatic carbocycles. The van der Waals surface area contributed by atoms with Gasteiger partial charge >= 0.3 is 0 Å². The SMILES string of the molecule is C1CC2C3CC1C[C@@H]23. The van der Waals surface area contributed by atoms with Crippen LogP contribution < -0.4 is 0 Å². The lowest BCUT2D eigenvalue weighted by Crippen LogP contribution is -2.08. The van der Waals surface area contributed by atoms with Crippen LogP contribution >= 0.6 is 0 Å². The van der Waals surface area contributed by atoms with Gasteiger partial charge in [-0.3, -0.25) is 0 Å². The third kappa shape index (κ3) is 0.284. The minimum atomic E-state index is 1.19. The summed E-state index contributed by atoms with van der Waals surface area (Å²) >= 11 is 0. The van der Waals surface area contributed by atoms with Gasteiger partial charge in [-0.25, -0.2) is 0 Å². The summed E-state index contributed by atoms with van der Waals surface area (Å²) in [5.74, 6) is 4.91. The molecule has 0 amide bonds. The monoisotopic (exact) mass is 108 g/mol. The van der Waals surface area contributed by atoms with Gasteiger partial charge < -0.3 is 0 Å². The fourth-order valence-corrected chi connectivity index (χ4v) is 3.18. The number of fused-ring (bicyclic) bond motifs is 1. The molecule has 4 atom stereocenters. The molecule has 0 heterocycles. The third-order valence-corrected chi connectivity index (χ3v) is 3.63. The van der Waals surface area contributed by atoms with Crippen molar-refractivity contribution in [3.63, 3.8) is 0 Å². The van der Waals surface area contributed by atoms with Crippen LogP contribution in [0.25, 0.3) is 0 Å². The highest BCUT2D eigenvalue weighted by Gasteiger charge is 2.58. The Kier molecular flexibility index (Phi) is 0.482. The smallest absolute Gasteiger partial charge is 0.0349 e. The highest BCUT2D eigenvalue weighted by atomic mass is 14.6. The Morgan fingerprint density at radius 1 is 0.750 bits per heavy atom. The first-order chi connectivity index (χ1) is 3.95. The van der Waals surface area contributed by atoms with Crippen LogP contribution in [0.15, 0.2) is 0 Å². The molecule has 3 unspecified atom stereocenters. The first-order valence-corrected chi connectivity index (χ1v) is 3.95. The van der Waals surface area contributed by atoms with Gasteiger partial charge in [0.1, 0.15) is 0 Å². The molecule has 0 aromatic heterocycles. The van der Waals surface area contributed by atoms with E-state index in [1.807, 2.05) is 0 Å². The third-order valence-electron chi connectivity index (χ3n) is 3.63. The van der Waals surface area contributed by atoms with E-state index in [1.165, 1.54) is 23.7 Å². The molecule has 4 aliphatic rings. The predicted octanol–water partition coefficient (Wildman–Crippen LogP) is 2.05. The van der Waals surface area contributed by atoms with Crippen LogP contribution in [0.2, 0.25) is 0 Å². The summed E-state index contributed by atoms with van der Waals surface area (Å²) in [6.45, 7) is 0. The molecule has 44 valence electrons. The van der Waals surface area contributed by atoms with Crippen molar-refractivity contribution in [1.29, 1.82) is 0 Å². The second-order valence-electron chi connectivity index (χ2n) is 3.91. The molecule has 4 aliphatic carbocycles. The van der Waals surface area contributed by atoms with E-state index < -0.39 is 0 Å². The standard InChI is InChI=1S/C8H12/c1-2-6-7-3-5(1)4-8(6)7/h5-8H,1-4H2/t5?,6?,7-,8?/m0/s1. The zero-order valence-electron chi connectivity index (χ0n) is 5.14. The van der Waals surface area contributed by atoms with Crippen molar-refractivity contribution >= 4 is 0 Å². The fraction of sp³-hybridized carbons (Fsp3) is 1.00. The second kappa shape index (κ2) is 0.984. The number of hydrogen-bond acceptors (Lipinski definition) is 0. The minimum Gasteiger partial charge on any atom is -0.0501 e. The molecule has 0 saturated heterocycles. The van der Waals surface area contributed by atoms with Crippen molar-refractivity contribution in [3.05, 3.63) is 0 Å². The Morgan fingerprint density at radius 3 is 1.75 bits per heavy atom. The molecule has 0 heteroatoms. The van der Waals surface area contributed by atoms with Crippen LogP contribution in [0.5, 0.6) is 0 Å². The Labute approximate surface area is 50.3 Å². The Hall–Kier alpha value is 0. The van der Waals surface area contributed by atoms with E-state index in [0.29, 0.717) is 0 Å². The molecule has 0 aliphatic heterocycles. The zero-order valence-corrected chi connectivity index (χ0v) is 5.14. The number of hydrogen-bond donors (Lipinski definition) is 0. The molecule has 0 nitrogen and oxygen atoms in total. The molecule has 0 N–H and O–H groups in total. The highest BCUT2D eigenvalue weighted by molar-refractivity contribution is 5.07. The van der Waals surface area contributed by atoms with Gasteiger partial charge in [0.05, 0.1) is 0 Å². The molecule has 4 rings (SSSR count). The van der Waals surface area contributed by atoms with E-state index in [1.54, 1.807) is 25.7 Å². The van der Waals surface area contributed by atoms with Gasteiger partial charge in [-0.1, -0.05) is 6.42 Å². The Morgan fingerprint density at radius 2 is 1.50 bits per heavy atom. The van der Waals surface area contributed by atoms with E-state index in [2.05, 4.69) is 0 Å². The molecule has 4 saturated carbocycles. The topological polar surface area (TPSA) is 0 Å². The van der Waals surface area contributed by atoms with Crippen molar-refractivity contribution in [2.75, 3.05) is 0 Å². The van der Waals surface area contributed by atoms with Crippen molar-refractivity contribution < 1.29 is 0 Å². The molecule has 0 radical (unpaired) electrons. The maximum atomic E-state index is 1.62. The van der Waals surface area contributed by atoms with Crippen LogP contribution in [0.1, 0.15) is 25.7 Å². The molecule has 8 heavy (non-hydrogen) atoms. The minimum absolute atomic E-state index is 1.19. The maximum absolute atomic E-state index is 1.62. The van der Waals surface area contributed by atoms with E-state index >= 15 is 0 Å². The highest BCUT2D eigenvalue weighted by Crippen LogP contribution is 2.66. The first kappa shape index (κ1) is 3.92. The zero-order chi connectivity index (χ0) is 5.14. The van der Waals surface area contributed by atoms with Crippen LogP contribution in [-0.4, -0.2) is 0 Å². The summed E-state index contributed by atoms with van der Waals surface area (Å²) in [4.78, 5) is 0. The largest absolute Gasteiger partial charge is 0.0501 e. The summed E-state index contributed by atoms with van der Waals surface area (Å²) in [7, 11) is 0. The summed E-state index contributed by atoms with van der Waals surface area (Å²) in [5, 5.41) is 0. The predicted molar refractivity (Wildman–Crippen MR) is 32.4 cm³/mol. The Bertz CT molecular complexity index is 107. The maximum Gasteiger partial charge on any atom is -0.0349 e. The van der Waals surface area contributed by atoms with Gasteiger partial charge in [0, 0.05) is 0 Å². The average Bonchev–Trinajstić information content (AvgIpc) is 2.38. The van der Waals surface area contributed by atoms with E-state index in [4.69, 9.17) is 0 Å². The van der Waals surface area contributed by atoms with Crippen LogP contribution in [0, 0.1) is 23.7 Å². The van der Waals surface area contributed by atoms with Crippen molar-refractivity contribution in [3.8, 4) is 0 Å². The fourth-order valence-electron chi connectivity index (χ4n) is 3.18.